The van der Waals surface area contributed by atoms with Crippen LogP contribution >= 0.6 is 0 Å². The lowest BCUT2D eigenvalue weighted by atomic mass is 10.2. The van der Waals surface area contributed by atoms with Gasteiger partial charge in [0.2, 0.25) is 0 Å². The third-order valence-corrected chi connectivity index (χ3v) is 3.29. The molecule has 0 radical (unpaired) electrons. The molecule has 0 aromatic heterocycles. The summed E-state index contributed by atoms with van der Waals surface area (Å²) < 4.78 is 10.9. The molecular weight excluding hydrogens is 278 g/mol. The van der Waals surface area contributed by atoms with Gasteiger partial charge in [-0.2, -0.15) is 0 Å². The van der Waals surface area contributed by atoms with Crippen molar-refractivity contribution in [2.75, 3.05) is 12.4 Å². The second-order valence-electron chi connectivity index (χ2n) is 5.05. The maximum absolute atomic E-state index is 12.3. The molecule has 0 aliphatic heterocycles. The minimum absolute atomic E-state index is 0.158. The number of methoxy groups -OCH3 is 1. The Morgan fingerprint density at radius 1 is 1.14 bits per heavy atom. The maximum Gasteiger partial charge on any atom is 0.265 e. The van der Waals surface area contributed by atoms with Crippen molar-refractivity contribution in [1.29, 1.82) is 0 Å². The standard InChI is InChI=1S/C18H21NO3/c1-4-17(22-16-7-5-6-13(2)12-16)18(20)19-14-8-10-15(21-3)11-9-14/h5-12,17H,4H2,1-3H3,(H,19,20). The number of hydrogen-bond donors (Lipinski definition) is 1. The molecule has 1 atom stereocenters. The van der Waals surface area contributed by atoms with Crippen molar-refractivity contribution >= 4 is 11.6 Å². The number of anilines is 1. The lowest BCUT2D eigenvalue weighted by Gasteiger charge is -2.17. The van der Waals surface area contributed by atoms with Crippen LogP contribution < -0.4 is 14.8 Å². The first kappa shape index (κ1) is 15.9. The molecule has 0 saturated heterocycles. The van der Waals surface area contributed by atoms with E-state index in [1.54, 1.807) is 31.4 Å². The number of hydrogen-bond acceptors (Lipinski definition) is 3. The molecule has 0 spiro atoms. The number of amides is 1. The van der Waals surface area contributed by atoms with E-state index >= 15 is 0 Å². The van der Waals surface area contributed by atoms with E-state index in [1.165, 1.54) is 0 Å². The molecule has 0 heterocycles. The Morgan fingerprint density at radius 3 is 2.45 bits per heavy atom. The van der Waals surface area contributed by atoms with Crippen molar-refractivity contribution in [3.63, 3.8) is 0 Å². The zero-order valence-corrected chi connectivity index (χ0v) is 13.1. The molecule has 2 aromatic carbocycles. The number of rotatable bonds is 6. The van der Waals surface area contributed by atoms with Crippen molar-refractivity contribution in [3.8, 4) is 11.5 Å². The lowest BCUT2D eigenvalue weighted by Crippen LogP contribution is -2.32. The van der Waals surface area contributed by atoms with Gasteiger partial charge in [0.1, 0.15) is 11.5 Å². The highest BCUT2D eigenvalue weighted by atomic mass is 16.5. The third kappa shape index (κ3) is 4.25. The molecule has 1 unspecified atom stereocenters. The second-order valence-corrected chi connectivity index (χ2v) is 5.05. The Morgan fingerprint density at radius 2 is 1.86 bits per heavy atom. The number of aryl methyl sites for hydroxylation is 1. The molecule has 1 N–H and O–H groups in total. The first-order valence-corrected chi connectivity index (χ1v) is 7.30. The molecule has 4 nitrogen and oxygen atoms in total. The smallest absolute Gasteiger partial charge is 0.265 e. The van der Waals surface area contributed by atoms with E-state index in [1.807, 2.05) is 38.1 Å². The maximum atomic E-state index is 12.3. The Balaban J connectivity index is 2.01. The lowest BCUT2D eigenvalue weighted by molar-refractivity contribution is -0.122. The van der Waals surface area contributed by atoms with Crippen molar-refractivity contribution in [1.82, 2.24) is 0 Å². The van der Waals surface area contributed by atoms with Crippen LogP contribution in [0.4, 0.5) is 5.69 Å². The van der Waals surface area contributed by atoms with Crippen LogP contribution in [0.5, 0.6) is 11.5 Å². The van der Waals surface area contributed by atoms with E-state index in [-0.39, 0.29) is 5.91 Å². The van der Waals surface area contributed by atoms with Gasteiger partial charge in [-0.1, -0.05) is 19.1 Å². The topological polar surface area (TPSA) is 47.6 Å². The summed E-state index contributed by atoms with van der Waals surface area (Å²) in [6.07, 6.45) is 0.0690. The summed E-state index contributed by atoms with van der Waals surface area (Å²) in [6, 6.07) is 14.9. The van der Waals surface area contributed by atoms with Crippen LogP contribution in [0.2, 0.25) is 0 Å². The van der Waals surface area contributed by atoms with E-state index in [4.69, 9.17) is 9.47 Å². The predicted molar refractivity (Wildman–Crippen MR) is 87.5 cm³/mol. The van der Waals surface area contributed by atoms with Crippen molar-refractivity contribution in [3.05, 3.63) is 54.1 Å². The van der Waals surface area contributed by atoms with Gasteiger partial charge in [0.05, 0.1) is 7.11 Å². The van der Waals surface area contributed by atoms with E-state index < -0.39 is 6.10 Å². The fraction of sp³-hybridized carbons (Fsp3) is 0.278. The van der Waals surface area contributed by atoms with Gasteiger partial charge in [-0.25, -0.2) is 0 Å². The average molecular weight is 299 g/mol. The predicted octanol–water partition coefficient (Wildman–Crippen LogP) is 3.80. The van der Waals surface area contributed by atoms with Gasteiger partial charge >= 0.3 is 0 Å². The fourth-order valence-corrected chi connectivity index (χ4v) is 2.07. The van der Waals surface area contributed by atoms with Gasteiger partial charge in [0.25, 0.3) is 5.91 Å². The van der Waals surface area contributed by atoms with Crippen LogP contribution in [0.1, 0.15) is 18.9 Å². The summed E-state index contributed by atoms with van der Waals surface area (Å²) in [6.45, 7) is 3.92. The monoisotopic (exact) mass is 299 g/mol. The minimum Gasteiger partial charge on any atom is -0.497 e. The Hall–Kier alpha value is -2.49. The fourth-order valence-electron chi connectivity index (χ4n) is 2.07. The van der Waals surface area contributed by atoms with Gasteiger partial charge in [-0.05, 0) is 55.3 Å². The molecule has 2 rings (SSSR count). The van der Waals surface area contributed by atoms with Gasteiger partial charge in [-0.15, -0.1) is 0 Å². The molecule has 0 fully saturated rings. The quantitative estimate of drug-likeness (QED) is 0.882. The summed E-state index contributed by atoms with van der Waals surface area (Å²) >= 11 is 0. The minimum atomic E-state index is -0.524. The number of carbonyl (C=O) groups excluding carboxylic acids is 1. The molecule has 0 bridgehead atoms. The molecule has 0 saturated carbocycles. The largest absolute Gasteiger partial charge is 0.497 e. The highest BCUT2D eigenvalue weighted by Crippen LogP contribution is 2.18. The summed E-state index contributed by atoms with van der Waals surface area (Å²) in [5, 5.41) is 2.86. The zero-order chi connectivity index (χ0) is 15.9. The molecule has 116 valence electrons. The van der Waals surface area contributed by atoms with E-state index in [0.29, 0.717) is 12.2 Å². The molecule has 0 aliphatic rings. The van der Waals surface area contributed by atoms with Crippen LogP contribution in [0.3, 0.4) is 0 Å². The SMILES string of the molecule is CCC(Oc1cccc(C)c1)C(=O)Nc1ccc(OC)cc1. The van der Waals surface area contributed by atoms with Crippen molar-refractivity contribution < 1.29 is 14.3 Å². The highest BCUT2D eigenvalue weighted by molar-refractivity contribution is 5.94. The first-order valence-electron chi connectivity index (χ1n) is 7.30. The molecule has 4 heteroatoms. The zero-order valence-electron chi connectivity index (χ0n) is 13.1. The van der Waals surface area contributed by atoms with Crippen molar-refractivity contribution in [2.24, 2.45) is 0 Å². The van der Waals surface area contributed by atoms with Gasteiger partial charge in [-0.3, -0.25) is 4.79 Å². The van der Waals surface area contributed by atoms with Gasteiger partial charge in [0.15, 0.2) is 6.10 Å². The van der Waals surface area contributed by atoms with E-state index in [2.05, 4.69) is 5.32 Å². The molecule has 2 aromatic rings. The summed E-state index contributed by atoms with van der Waals surface area (Å²) in [5.41, 5.74) is 1.82. The number of ether oxygens (including phenoxy) is 2. The Labute approximate surface area is 131 Å². The first-order chi connectivity index (χ1) is 10.6. The van der Waals surface area contributed by atoms with Crippen LogP contribution in [-0.2, 0) is 4.79 Å². The molecule has 0 aliphatic carbocycles. The van der Waals surface area contributed by atoms with Crippen LogP contribution in [-0.4, -0.2) is 19.1 Å². The van der Waals surface area contributed by atoms with Crippen LogP contribution in [0.15, 0.2) is 48.5 Å². The molecular formula is C18H21NO3. The molecule has 22 heavy (non-hydrogen) atoms. The third-order valence-electron chi connectivity index (χ3n) is 3.29. The van der Waals surface area contributed by atoms with Crippen LogP contribution in [0, 0.1) is 6.92 Å². The average Bonchev–Trinajstić information content (AvgIpc) is 2.53. The Kier molecular flexibility index (Phi) is 5.42. The summed E-state index contributed by atoms with van der Waals surface area (Å²) in [5.74, 6) is 1.30. The molecule has 1 amide bonds. The second kappa shape index (κ2) is 7.50. The highest BCUT2D eigenvalue weighted by Gasteiger charge is 2.18. The van der Waals surface area contributed by atoms with Gasteiger partial charge in [0, 0.05) is 5.69 Å². The van der Waals surface area contributed by atoms with Crippen LogP contribution in [0.25, 0.3) is 0 Å². The Bertz CT molecular complexity index is 622. The van der Waals surface area contributed by atoms with E-state index in [9.17, 15) is 4.79 Å². The summed E-state index contributed by atoms with van der Waals surface area (Å²) in [4.78, 5) is 12.3. The van der Waals surface area contributed by atoms with E-state index in [0.717, 1.165) is 17.0 Å². The normalized spacial score (nSPS) is 11.6. The summed E-state index contributed by atoms with van der Waals surface area (Å²) in [7, 11) is 1.61. The van der Waals surface area contributed by atoms with Gasteiger partial charge < -0.3 is 14.8 Å². The van der Waals surface area contributed by atoms with Crippen molar-refractivity contribution in [2.45, 2.75) is 26.4 Å². The number of benzene rings is 2. The number of carbonyl (C=O) groups is 1. The number of nitrogens with one attached hydrogen (secondary N) is 1.